The van der Waals surface area contributed by atoms with Gasteiger partial charge in [-0.3, -0.25) is 0 Å². The molecule has 1 heterocycles. The smallest absolute Gasteiger partial charge is 0.150 e. The van der Waals surface area contributed by atoms with Crippen molar-refractivity contribution in [2.75, 3.05) is 11.5 Å². The molecule has 6 heteroatoms. The lowest BCUT2D eigenvalue weighted by atomic mass is 9.96. The molecule has 18 heavy (non-hydrogen) atoms. The molecule has 0 saturated carbocycles. The van der Waals surface area contributed by atoms with E-state index in [9.17, 15) is 13.5 Å². The summed E-state index contributed by atoms with van der Waals surface area (Å²) in [5.41, 5.74) is 0.563. The molecular formula is C12H14Cl2O3S. The Morgan fingerprint density at radius 1 is 1.39 bits per heavy atom. The molecule has 1 aromatic carbocycles. The summed E-state index contributed by atoms with van der Waals surface area (Å²) in [6, 6.07) is 5.08. The van der Waals surface area contributed by atoms with Crippen LogP contribution in [-0.2, 0) is 9.84 Å². The quantitative estimate of drug-likeness (QED) is 0.934. The van der Waals surface area contributed by atoms with Crippen molar-refractivity contribution in [3.8, 4) is 0 Å². The fourth-order valence-corrected chi connectivity index (χ4v) is 4.59. The van der Waals surface area contributed by atoms with E-state index in [1.165, 1.54) is 0 Å². The van der Waals surface area contributed by atoms with Crippen LogP contribution < -0.4 is 0 Å². The Labute approximate surface area is 117 Å². The standard InChI is InChI=1S/C12H14Cl2O3S/c13-10-3-1-2-9(12(10)14)11(15)6-8-4-5-18(16,17)7-8/h1-3,8,11,15H,4-7H2. The van der Waals surface area contributed by atoms with E-state index >= 15 is 0 Å². The molecule has 0 spiro atoms. The second-order valence-corrected chi connectivity index (χ2v) is 7.68. The second kappa shape index (κ2) is 5.37. The Bertz CT molecular complexity index is 542. The first-order valence-electron chi connectivity index (χ1n) is 5.71. The van der Waals surface area contributed by atoms with Gasteiger partial charge in [0, 0.05) is 5.56 Å². The van der Waals surface area contributed by atoms with Crippen LogP contribution in [0.2, 0.25) is 10.0 Å². The van der Waals surface area contributed by atoms with Gasteiger partial charge in [-0.05, 0) is 24.8 Å². The first-order chi connectivity index (χ1) is 8.39. The molecule has 1 aromatic rings. The minimum Gasteiger partial charge on any atom is -0.388 e. The van der Waals surface area contributed by atoms with Gasteiger partial charge in [-0.1, -0.05) is 35.3 Å². The molecule has 2 unspecified atom stereocenters. The zero-order chi connectivity index (χ0) is 13.3. The van der Waals surface area contributed by atoms with Gasteiger partial charge in [0.25, 0.3) is 0 Å². The van der Waals surface area contributed by atoms with Gasteiger partial charge in [0.15, 0.2) is 9.84 Å². The molecular weight excluding hydrogens is 295 g/mol. The highest BCUT2D eigenvalue weighted by molar-refractivity contribution is 7.91. The SMILES string of the molecule is O=S1(=O)CCC(CC(O)c2cccc(Cl)c2Cl)C1. The number of benzene rings is 1. The van der Waals surface area contributed by atoms with Crippen LogP contribution in [0.3, 0.4) is 0 Å². The molecule has 0 radical (unpaired) electrons. The fraction of sp³-hybridized carbons (Fsp3) is 0.500. The maximum Gasteiger partial charge on any atom is 0.150 e. The van der Waals surface area contributed by atoms with Gasteiger partial charge in [0.2, 0.25) is 0 Å². The largest absolute Gasteiger partial charge is 0.388 e. The van der Waals surface area contributed by atoms with Crippen LogP contribution in [0.1, 0.15) is 24.5 Å². The average molecular weight is 309 g/mol. The normalized spacial score (nSPS) is 24.1. The number of aliphatic hydroxyl groups excluding tert-OH is 1. The molecule has 0 aliphatic carbocycles. The van der Waals surface area contributed by atoms with Crippen molar-refractivity contribution < 1.29 is 13.5 Å². The number of hydrogen-bond acceptors (Lipinski definition) is 3. The molecule has 0 aromatic heterocycles. The lowest BCUT2D eigenvalue weighted by Crippen LogP contribution is -2.10. The third-order valence-corrected chi connectivity index (χ3v) is 5.89. The summed E-state index contributed by atoms with van der Waals surface area (Å²) < 4.78 is 22.7. The Balaban J connectivity index is 2.09. The number of halogens is 2. The second-order valence-electron chi connectivity index (χ2n) is 4.66. The van der Waals surface area contributed by atoms with E-state index in [1.54, 1.807) is 18.2 Å². The van der Waals surface area contributed by atoms with Gasteiger partial charge in [-0.25, -0.2) is 8.42 Å². The molecule has 2 rings (SSSR count). The van der Waals surface area contributed by atoms with Crippen LogP contribution >= 0.6 is 23.2 Å². The molecule has 1 N–H and O–H groups in total. The van der Waals surface area contributed by atoms with Crippen LogP contribution in [0.25, 0.3) is 0 Å². The van der Waals surface area contributed by atoms with Crippen molar-refractivity contribution in [1.29, 1.82) is 0 Å². The lowest BCUT2D eigenvalue weighted by Gasteiger charge is -2.16. The maximum atomic E-state index is 11.4. The van der Waals surface area contributed by atoms with E-state index in [4.69, 9.17) is 23.2 Å². The summed E-state index contributed by atoms with van der Waals surface area (Å²) in [5.74, 6) is 0.371. The number of hydrogen-bond donors (Lipinski definition) is 1. The van der Waals surface area contributed by atoms with Crippen LogP contribution in [0.15, 0.2) is 18.2 Å². The number of aliphatic hydroxyl groups is 1. The zero-order valence-corrected chi connectivity index (χ0v) is 12.0. The van der Waals surface area contributed by atoms with Crippen molar-refractivity contribution in [3.05, 3.63) is 33.8 Å². The van der Waals surface area contributed by atoms with Gasteiger partial charge >= 0.3 is 0 Å². The van der Waals surface area contributed by atoms with Crippen LogP contribution in [0, 0.1) is 5.92 Å². The van der Waals surface area contributed by atoms with Gasteiger partial charge < -0.3 is 5.11 Å². The van der Waals surface area contributed by atoms with Gasteiger partial charge in [-0.2, -0.15) is 0 Å². The van der Waals surface area contributed by atoms with Crippen molar-refractivity contribution in [2.24, 2.45) is 5.92 Å². The fourth-order valence-electron chi connectivity index (χ4n) is 2.28. The van der Waals surface area contributed by atoms with Gasteiger partial charge in [-0.15, -0.1) is 0 Å². The number of sulfone groups is 1. The average Bonchev–Trinajstić information content (AvgIpc) is 2.62. The van der Waals surface area contributed by atoms with Crippen molar-refractivity contribution >= 4 is 33.0 Å². The molecule has 1 aliphatic rings. The number of rotatable bonds is 3. The topological polar surface area (TPSA) is 54.4 Å². The molecule has 100 valence electrons. The first-order valence-corrected chi connectivity index (χ1v) is 8.29. The molecule has 1 fully saturated rings. The monoisotopic (exact) mass is 308 g/mol. The minimum atomic E-state index is -2.91. The van der Waals surface area contributed by atoms with Crippen molar-refractivity contribution in [3.63, 3.8) is 0 Å². The third-order valence-electron chi connectivity index (χ3n) is 3.22. The van der Waals surface area contributed by atoms with E-state index in [0.717, 1.165) is 0 Å². The zero-order valence-electron chi connectivity index (χ0n) is 9.64. The minimum absolute atomic E-state index is 0.0000447. The Morgan fingerprint density at radius 3 is 2.72 bits per heavy atom. The first kappa shape index (κ1) is 14.1. The van der Waals surface area contributed by atoms with Crippen LogP contribution in [-0.4, -0.2) is 25.0 Å². The van der Waals surface area contributed by atoms with Crippen LogP contribution in [0.4, 0.5) is 0 Å². The summed E-state index contributed by atoms with van der Waals surface area (Å²) in [6.07, 6.45) is 0.242. The van der Waals surface area contributed by atoms with Crippen molar-refractivity contribution in [1.82, 2.24) is 0 Å². The molecule has 2 atom stereocenters. The molecule has 3 nitrogen and oxygen atoms in total. The molecule has 0 bridgehead atoms. The third kappa shape index (κ3) is 3.18. The molecule has 1 aliphatic heterocycles. The highest BCUT2D eigenvalue weighted by atomic mass is 35.5. The summed E-state index contributed by atoms with van der Waals surface area (Å²) in [4.78, 5) is 0. The summed E-state index contributed by atoms with van der Waals surface area (Å²) in [5, 5.41) is 10.9. The van der Waals surface area contributed by atoms with Crippen molar-refractivity contribution in [2.45, 2.75) is 18.9 Å². The van der Waals surface area contributed by atoms with Crippen LogP contribution in [0.5, 0.6) is 0 Å². The highest BCUT2D eigenvalue weighted by Crippen LogP contribution is 2.34. The summed E-state index contributed by atoms with van der Waals surface area (Å²) >= 11 is 11.9. The van der Waals surface area contributed by atoms with E-state index in [2.05, 4.69) is 0 Å². The predicted molar refractivity (Wildman–Crippen MR) is 72.8 cm³/mol. The van der Waals surface area contributed by atoms with Gasteiger partial charge in [0.05, 0.1) is 27.7 Å². The summed E-state index contributed by atoms with van der Waals surface area (Å²) in [6.45, 7) is 0. The maximum absolute atomic E-state index is 11.4. The predicted octanol–water partition coefficient (Wildman–Crippen LogP) is 2.85. The molecule has 0 amide bonds. The summed E-state index contributed by atoms with van der Waals surface area (Å²) in [7, 11) is -2.91. The van der Waals surface area contributed by atoms with E-state index in [0.29, 0.717) is 28.5 Å². The van der Waals surface area contributed by atoms with Gasteiger partial charge in [0.1, 0.15) is 0 Å². The van der Waals surface area contributed by atoms with E-state index < -0.39 is 15.9 Å². The highest BCUT2D eigenvalue weighted by Gasteiger charge is 2.30. The Hall–Kier alpha value is -0.290. The van der Waals surface area contributed by atoms with E-state index in [1.807, 2.05) is 0 Å². The molecule has 1 saturated heterocycles. The Kier molecular flexibility index (Phi) is 4.22. The Morgan fingerprint density at radius 2 is 2.11 bits per heavy atom. The lowest BCUT2D eigenvalue weighted by molar-refractivity contribution is 0.149. The van der Waals surface area contributed by atoms with E-state index in [-0.39, 0.29) is 17.4 Å².